The predicted molar refractivity (Wildman–Crippen MR) is 142 cm³/mol. The highest BCUT2D eigenvalue weighted by Gasteiger charge is 2.38. The van der Waals surface area contributed by atoms with Crippen molar-refractivity contribution in [2.24, 2.45) is 0 Å². The Morgan fingerprint density at radius 1 is 1.03 bits per heavy atom. The van der Waals surface area contributed by atoms with E-state index in [0.717, 1.165) is 38.9 Å². The van der Waals surface area contributed by atoms with Gasteiger partial charge in [0.25, 0.3) is 0 Å². The Kier molecular flexibility index (Phi) is 6.88. The number of pyridine rings is 1. The lowest BCUT2D eigenvalue weighted by atomic mass is 9.92. The maximum atomic E-state index is 11.8. The zero-order valence-corrected chi connectivity index (χ0v) is 20.7. The highest BCUT2D eigenvalue weighted by molar-refractivity contribution is 6.31. The average molecular weight is 500 g/mol. The van der Waals surface area contributed by atoms with Crippen molar-refractivity contribution in [1.29, 1.82) is 0 Å². The quantitative estimate of drug-likeness (QED) is 0.299. The molecule has 5 nitrogen and oxygen atoms in total. The van der Waals surface area contributed by atoms with Gasteiger partial charge in [0.05, 0.1) is 30.0 Å². The highest BCUT2D eigenvalue weighted by atomic mass is 35.5. The van der Waals surface area contributed by atoms with E-state index < -0.39 is 11.8 Å². The van der Waals surface area contributed by atoms with Crippen molar-refractivity contribution in [3.63, 3.8) is 0 Å². The molecular formula is C30H26ClNO4. The van der Waals surface area contributed by atoms with Gasteiger partial charge in [-0.3, -0.25) is 0 Å². The molecule has 5 rings (SSSR count). The van der Waals surface area contributed by atoms with Gasteiger partial charge >= 0.3 is 5.97 Å². The number of hydrogen-bond donors (Lipinski definition) is 1. The minimum absolute atomic E-state index is 0.323. The van der Waals surface area contributed by atoms with Crippen molar-refractivity contribution in [1.82, 2.24) is 4.98 Å². The van der Waals surface area contributed by atoms with Gasteiger partial charge in [-0.1, -0.05) is 60.1 Å². The molecule has 1 N–H and O–H groups in total. The fraction of sp³-hybridized carbons (Fsp3) is 0.200. The number of nitrogens with zero attached hydrogens (tertiary/aromatic N) is 1. The Morgan fingerprint density at radius 2 is 1.81 bits per heavy atom. The number of carbonyl (C=O) groups is 1. The van der Waals surface area contributed by atoms with E-state index in [1.165, 1.54) is 0 Å². The summed E-state index contributed by atoms with van der Waals surface area (Å²) in [5.74, 6) is -1.84. The van der Waals surface area contributed by atoms with Crippen molar-refractivity contribution in [2.45, 2.75) is 25.6 Å². The average Bonchev–Trinajstić information content (AvgIpc) is 3.36. The van der Waals surface area contributed by atoms with Gasteiger partial charge in [0.1, 0.15) is 0 Å². The lowest BCUT2D eigenvalue weighted by molar-refractivity contribution is -0.170. The molecular weight excluding hydrogens is 474 g/mol. The first-order valence-electron chi connectivity index (χ1n) is 11.9. The molecule has 0 radical (unpaired) electrons. The molecule has 1 aliphatic rings. The first-order valence-corrected chi connectivity index (χ1v) is 12.3. The van der Waals surface area contributed by atoms with Gasteiger partial charge in [0.15, 0.2) is 5.79 Å². The van der Waals surface area contributed by atoms with Gasteiger partial charge in [-0.25, -0.2) is 9.78 Å². The Hall–Kier alpha value is -3.51. The fourth-order valence-corrected chi connectivity index (χ4v) is 4.86. The summed E-state index contributed by atoms with van der Waals surface area (Å²) in [6, 6.07) is 23.1. The molecule has 0 amide bonds. The largest absolute Gasteiger partial charge is 0.478 e. The lowest BCUT2D eigenvalue weighted by Gasteiger charge is -2.29. The third-order valence-electron chi connectivity index (χ3n) is 6.55. The lowest BCUT2D eigenvalue weighted by Crippen LogP contribution is -2.28. The Labute approximate surface area is 215 Å². The molecule has 4 aromatic rings. The third kappa shape index (κ3) is 5.05. The van der Waals surface area contributed by atoms with E-state index in [-0.39, 0.29) is 0 Å². The number of ether oxygens (including phenoxy) is 2. The second kappa shape index (κ2) is 10.2. The molecule has 0 aliphatic carbocycles. The summed E-state index contributed by atoms with van der Waals surface area (Å²) < 4.78 is 12.3. The van der Waals surface area contributed by atoms with Crippen LogP contribution in [0.3, 0.4) is 0 Å². The zero-order chi connectivity index (χ0) is 25.1. The first kappa shape index (κ1) is 24.2. The molecule has 1 aliphatic heterocycles. The molecule has 0 atom stereocenters. The number of carboxylic acids is 1. The number of hydrogen-bond acceptors (Lipinski definition) is 4. The van der Waals surface area contributed by atoms with E-state index in [1.807, 2.05) is 73.7 Å². The smallest absolute Gasteiger partial charge is 0.335 e. The Morgan fingerprint density at radius 3 is 2.61 bits per heavy atom. The van der Waals surface area contributed by atoms with Crippen LogP contribution in [0.2, 0.25) is 5.02 Å². The van der Waals surface area contributed by atoms with Crippen LogP contribution >= 0.6 is 11.6 Å². The van der Waals surface area contributed by atoms with Crippen molar-refractivity contribution < 1.29 is 19.4 Å². The molecule has 0 bridgehead atoms. The summed E-state index contributed by atoms with van der Waals surface area (Å²) in [5, 5.41) is 11.3. The monoisotopic (exact) mass is 499 g/mol. The number of rotatable bonds is 7. The molecule has 6 heteroatoms. The highest BCUT2D eigenvalue weighted by Crippen LogP contribution is 2.37. The van der Waals surface area contributed by atoms with Crippen LogP contribution in [0.4, 0.5) is 0 Å². The number of aryl methyl sites for hydroxylation is 1. The summed E-state index contributed by atoms with van der Waals surface area (Å²) >= 11 is 6.12. The van der Waals surface area contributed by atoms with Crippen molar-refractivity contribution in [3.05, 3.63) is 111 Å². The second-order valence-electron chi connectivity index (χ2n) is 8.89. The maximum Gasteiger partial charge on any atom is 0.335 e. The molecule has 3 aromatic carbocycles. The maximum absolute atomic E-state index is 11.8. The molecule has 182 valence electrons. The first-order chi connectivity index (χ1) is 17.4. The normalized spacial score (nSPS) is 15.1. The topological polar surface area (TPSA) is 68.7 Å². The van der Waals surface area contributed by atoms with Crippen LogP contribution in [0.15, 0.2) is 72.8 Å². The zero-order valence-electron chi connectivity index (χ0n) is 19.9. The van der Waals surface area contributed by atoms with Crippen LogP contribution in [-0.4, -0.2) is 29.3 Å². The van der Waals surface area contributed by atoms with Crippen LogP contribution in [0.1, 0.15) is 44.7 Å². The predicted octanol–water partition coefficient (Wildman–Crippen LogP) is 6.90. The standard InChI is InChI=1S/C30H26ClNO4/c1-20-4-2-7-27(29(33)34)26(20)14-15-30(35-16-17-36-30)23-6-3-5-21(18-23)8-12-25-13-10-22-9-11-24(31)19-28(22)32-25/h2-13,18-19H,14-17H2,1H3,(H,33,34). The molecule has 2 heterocycles. The molecule has 1 aromatic heterocycles. The molecule has 36 heavy (non-hydrogen) atoms. The Bertz CT molecular complexity index is 1460. The van der Waals surface area contributed by atoms with Crippen molar-refractivity contribution in [3.8, 4) is 0 Å². The van der Waals surface area contributed by atoms with Crippen molar-refractivity contribution >= 4 is 40.6 Å². The van der Waals surface area contributed by atoms with Crippen LogP contribution in [0.25, 0.3) is 23.1 Å². The summed E-state index contributed by atoms with van der Waals surface area (Å²) in [5.41, 5.74) is 5.66. The molecule has 1 fully saturated rings. The van der Waals surface area contributed by atoms with E-state index in [9.17, 15) is 9.90 Å². The number of fused-ring (bicyclic) bond motifs is 1. The summed E-state index contributed by atoms with van der Waals surface area (Å²) in [7, 11) is 0. The molecule has 1 saturated heterocycles. The SMILES string of the molecule is Cc1cccc(C(=O)O)c1CCC1(c2cccc(C=Cc3ccc4ccc(Cl)cc4n3)c2)OCCO1. The molecule has 0 spiro atoms. The number of benzene rings is 3. The number of aromatic carboxylic acids is 1. The van der Waals surface area contributed by atoms with Gasteiger partial charge < -0.3 is 14.6 Å². The van der Waals surface area contributed by atoms with E-state index in [1.54, 1.807) is 12.1 Å². The van der Waals surface area contributed by atoms with Crippen LogP contribution in [0, 0.1) is 6.92 Å². The van der Waals surface area contributed by atoms with E-state index >= 15 is 0 Å². The van der Waals surface area contributed by atoms with Gasteiger partial charge in [-0.2, -0.15) is 0 Å². The summed E-state index contributed by atoms with van der Waals surface area (Å²) in [6.45, 7) is 2.91. The third-order valence-corrected chi connectivity index (χ3v) is 6.78. The minimum atomic E-state index is -0.923. The number of aromatic nitrogens is 1. The number of halogens is 1. The van der Waals surface area contributed by atoms with Crippen molar-refractivity contribution in [2.75, 3.05) is 13.2 Å². The van der Waals surface area contributed by atoms with Crippen LogP contribution < -0.4 is 0 Å². The van der Waals surface area contributed by atoms with E-state index in [4.69, 9.17) is 21.1 Å². The Balaban J connectivity index is 1.40. The second-order valence-corrected chi connectivity index (χ2v) is 9.32. The summed E-state index contributed by atoms with van der Waals surface area (Å²) in [4.78, 5) is 16.5. The fourth-order valence-electron chi connectivity index (χ4n) is 4.69. The van der Waals surface area contributed by atoms with Gasteiger partial charge in [-0.15, -0.1) is 0 Å². The van der Waals surface area contributed by atoms with E-state index in [0.29, 0.717) is 36.6 Å². The minimum Gasteiger partial charge on any atom is -0.478 e. The number of carboxylic acid groups (broad SMARTS) is 1. The summed E-state index contributed by atoms with van der Waals surface area (Å²) in [6.07, 6.45) is 5.01. The van der Waals surface area contributed by atoms with E-state index in [2.05, 4.69) is 11.1 Å². The van der Waals surface area contributed by atoms with Gasteiger partial charge in [0, 0.05) is 22.4 Å². The van der Waals surface area contributed by atoms with Gasteiger partial charge in [0.2, 0.25) is 0 Å². The molecule has 0 unspecified atom stereocenters. The van der Waals surface area contributed by atoms with Crippen LogP contribution in [0.5, 0.6) is 0 Å². The molecule has 0 saturated carbocycles. The van der Waals surface area contributed by atoms with Crippen LogP contribution in [-0.2, 0) is 21.7 Å². The van der Waals surface area contributed by atoms with Gasteiger partial charge in [-0.05, 0) is 66.4 Å².